The summed E-state index contributed by atoms with van der Waals surface area (Å²) in [4.78, 5) is 11.6. The molecule has 2 N–H and O–H groups in total. The number of rotatable bonds is 1. The van der Waals surface area contributed by atoms with Crippen LogP contribution in [-0.2, 0) is 9.53 Å². The van der Waals surface area contributed by atoms with Crippen LogP contribution in [0.5, 0.6) is 0 Å². The van der Waals surface area contributed by atoms with Gasteiger partial charge in [-0.15, -0.1) is 23.2 Å². The van der Waals surface area contributed by atoms with Crippen molar-refractivity contribution < 1.29 is 9.53 Å². The molecule has 2 aliphatic rings. The predicted octanol–water partition coefficient (Wildman–Crippen LogP) is 0.660. The third-order valence-electron chi connectivity index (χ3n) is 2.89. The highest BCUT2D eigenvalue weighted by molar-refractivity contribution is 6.41. The van der Waals surface area contributed by atoms with E-state index in [0.717, 1.165) is 12.8 Å². The molecular formula is C8H11Cl2NO2. The highest BCUT2D eigenvalue weighted by atomic mass is 35.5. The van der Waals surface area contributed by atoms with Gasteiger partial charge in [-0.05, 0) is 12.8 Å². The molecule has 2 bridgehead atoms. The minimum absolute atomic E-state index is 0.137. The van der Waals surface area contributed by atoms with Crippen LogP contribution in [0.1, 0.15) is 12.8 Å². The van der Waals surface area contributed by atoms with Gasteiger partial charge < -0.3 is 10.5 Å². The van der Waals surface area contributed by atoms with Crippen LogP contribution in [0, 0.1) is 0 Å². The Kier molecular flexibility index (Phi) is 2.31. The van der Waals surface area contributed by atoms with Crippen molar-refractivity contribution in [1.82, 2.24) is 0 Å². The molecule has 2 rings (SSSR count). The summed E-state index contributed by atoms with van der Waals surface area (Å²) in [5, 5.41) is -1.27. The van der Waals surface area contributed by atoms with E-state index >= 15 is 0 Å². The van der Waals surface area contributed by atoms with E-state index in [1.165, 1.54) is 0 Å². The van der Waals surface area contributed by atoms with Gasteiger partial charge in [-0.3, -0.25) is 4.79 Å². The molecule has 4 atom stereocenters. The van der Waals surface area contributed by atoms with Crippen molar-refractivity contribution in [2.45, 2.75) is 35.3 Å². The first-order valence-electron chi connectivity index (χ1n) is 4.30. The maximum absolute atomic E-state index is 11.6. The minimum Gasteiger partial charge on any atom is -0.366 e. The van der Waals surface area contributed by atoms with E-state index in [2.05, 4.69) is 0 Å². The zero-order valence-electron chi connectivity index (χ0n) is 7.00. The predicted molar refractivity (Wildman–Crippen MR) is 50.2 cm³/mol. The van der Waals surface area contributed by atoms with Crippen molar-refractivity contribution in [1.29, 1.82) is 0 Å². The van der Waals surface area contributed by atoms with E-state index in [4.69, 9.17) is 33.7 Å². The number of nitrogens with two attached hydrogens (primary N) is 1. The summed E-state index contributed by atoms with van der Waals surface area (Å²) in [6.07, 6.45) is 1.32. The summed E-state index contributed by atoms with van der Waals surface area (Å²) in [6.45, 7) is 0.285. The van der Waals surface area contributed by atoms with Crippen LogP contribution in [-0.4, -0.2) is 34.8 Å². The number of carbonyl (C=O) groups is 1. The average molecular weight is 224 g/mol. The summed E-state index contributed by atoms with van der Waals surface area (Å²) >= 11 is 11.8. The zero-order valence-corrected chi connectivity index (χ0v) is 8.52. The fraction of sp³-hybridized carbons (Fsp3) is 0.875. The molecule has 2 heterocycles. The molecule has 5 heteroatoms. The van der Waals surface area contributed by atoms with Gasteiger partial charge in [-0.2, -0.15) is 0 Å². The first-order chi connectivity index (χ1) is 6.10. The molecule has 0 aromatic rings. The molecule has 13 heavy (non-hydrogen) atoms. The number of ether oxygens (including phenoxy) is 1. The molecule has 2 saturated heterocycles. The van der Waals surface area contributed by atoms with Gasteiger partial charge >= 0.3 is 0 Å². The monoisotopic (exact) mass is 223 g/mol. The third-order valence-corrected chi connectivity index (χ3v) is 4.00. The molecule has 0 spiro atoms. The van der Waals surface area contributed by atoms with E-state index in [0.29, 0.717) is 0 Å². The summed E-state index contributed by atoms with van der Waals surface area (Å²) < 4.78 is 5.62. The van der Waals surface area contributed by atoms with Crippen molar-refractivity contribution in [3.8, 4) is 0 Å². The van der Waals surface area contributed by atoms with Crippen LogP contribution in [0.3, 0.4) is 0 Å². The number of hydrogen-bond donors (Lipinski definition) is 1. The molecule has 0 saturated carbocycles. The van der Waals surface area contributed by atoms with Gasteiger partial charge in [0.15, 0.2) is 5.78 Å². The Morgan fingerprint density at radius 2 is 2.31 bits per heavy atom. The number of ketones is 1. The molecule has 74 valence electrons. The number of Topliss-reactive ketones (excluding diaryl/α,β-unsaturated/α-hetero) is 1. The van der Waals surface area contributed by atoms with Crippen molar-refractivity contribution in [2.24, 2.45) is 5.73 Å². The van der Waals surface area contributed by atoms with Crippen LogP contribution in [0.25, 0.3) is 0 Å². The number of fused-ring (bicyclic) bond motifs is 2. The Bertz CT molecular complexity index is 248. The van der Waals surface area contributed by atoms with Crippen molar-refractivity contribution >= 4 is 29.0 Å². The van der Waals surface area contributed by atoms with Gasteiger partial charge in [0.05, 0.1) is 6.10 Å². The number of hydrogen-bond acceptors (Lipinski definition) is 3. The minimum atomic E-state index is -0.682. The second-order valence-corrected chi connectivity index (χ2v) is 4.54. The van der Waals surface area contributed by atoms with Crippen molar-refractivity contribution in [2.75, 3.05) is 6.54 Å². The summed E-state index contributed by atoms with van der Waals surface area (Å²) in [5.74, 6) is -0.137. The number of alkyl halides is 2. The molecule has 2 fully saturated rings. The fourth-order valence-corrected chi connectivity index (χ4v) is 2.79. The van der Waals surface area contributed by atoms with Gasteiger partial charge in [0.25, 0.3) is 0 Å². The Morgan fingerprint density at radius 3 is 2.92 bits per heavy atom. The van der Waals surface area contributed by atoms with Crippen LogP contribution in [0.4, 0.5) is 0 Å². The molecule has 3 nitrogen and oxygen atoms in total. The largest absolute Gasteiger partial charge is 0.366 e. The SMILES string of the molecule is NC[C@]12CC[C@H](O1)[C@@H](Cl)C(=O)[C@H]2Cl. The summed E-state index contributed by atoms with van der Waals surface area (Å²) in [7, 11) is 0. The van der Waals surface area contributed by atoms with E-state index in [1.807, 2.05) is 0 Å². The van der Waals surface area contributed by atoms with E-state index in [-0.39, 0.29) is 18.4 Å². The van der Waals surface area contributed by atoms with Crippen molar-refractivity contribution in [3.05, 3.63) is 0 Å². The lowest BCUT2D eigenvalue weighted by atomic mass is 9.93. The van der Waals surface area contributed by atoms with Crippen LogP contribution in [0.15, 0.2) is 0 Å². The normalized spacial score (nSPS) is 49.8. The van der Waals surface area contributed by atoms with Crippen LogP contribution >= 0.6 is 23.2 Å². The standard InChI is InChI=1S/C8H11Cl2NO2/c9-5-4-1-2-8(3-11,13-4)7(10)6(5)12/h4-5,7H,1-3,11H2/t4-,5+,7+,8-/m0/s1. The molecule has 0 aliphatic carbocycles. The highest BCUT2D eigenvalue weighted by Crippen LogP contribution is 2.43. The van der Waals surface area contributed by atoms with E-state index in [1.54, 1.807) is 0 Å². The first kappa shape index (κ1) is 9.71. The lowest BCUT2D eigenvalue weighted by molar-refractivity contribution is -0.136. The zero-order chi connectivity index (χ0) is 9.64. The average Bonchev–Trinajstić information content (AvgIpc) is 2.55. The maximum Gasteiger partial charge on any atom is 0.174 e. The Hall–Kier alpha value is 0.170. The second kappa shape index (κ2) is 3.09. The molecule has 0 amide bonds. The van der Waals surface area contributed by atoms with Crippen molar-refractivity contribution in [3.63, 3.8) is 0 Å². The number of carbonyl (C=O) groups excluding carboxylic acids is 1. The highest BCUT2D eigenvalue weighted by Gasteiger charge is 2.56. The van der Waals surface area contributed by atoms with Gasteiger partial charge in [-0.25, -0.2) is 0 Å². The van der Waals surface area contributed by atoms with Crippen LogP contribution < -0.4 is 5.73 Å². The lowest BCUT2D eigenvalue weighted by Crippen LogP contribution is -2.56. The number of halogens is 2. The molecular weight excluding hydrogens is 213 g/mol. The third kappa shape index (κ3) is 1.22. The van der Waals surface area contributed by atoms with Gasteiger partial charge in [-0.1, -0.05) is 0 Å². The Morgan fingerprint density at radius 1 is 1.62 bits per heavy atom. The van der Waals surface area contributed by atoms with Gasteiger partial charge in [0, 0.05) is 6.54 Å². The lowest BCUT2D eigenvalue weighted by Gasteiger charge is -2.37. The maximum atomic E-state index is 11.6. The van der Waals surface area contributed by atoms with E-state index < -0.39 is 16.4 Å². The molecule has 2 aliphatic heterocycles. The smallest absolute Gasteiger partial charge is 0.174 e. The summed E-state index contributed by atoms with van der Waals surface area (Å²) in [5.41, 5.74) is 4.92. The topological polar surface area (TPSA) is 52.3 Å². The fourth-order valence-electron chi connectivity index (χ4n) is 2.03. The first-order valence-corrected chi connectivity index (χ1v) is 5.18. The van der Waals surface area contributed by atoms with Gasteiger partial charge in [0.2, 0.25) is 0 Å². The molecule has 0 aromatic carbocycles. The Balaban J connectivity index is 2.31. The van der Waals surface area contributed by atoms with Gasteiger partial charge in [0.1, 0.15) is 16.4 Å². The second-order valence-electron chi connectivity index (χ2n) is 3.63. The summed E-state index contributed by atoms with van der Waals surface area (Å²) in [6, 6.07) is 0. The quantitative estimate of drug-likeness (QED) is 0.665. The molecule has 0 unspecified atom stereocenters. The molecule has 0 radical (unpaired) electrons. The molecule has 0 aromatic heterocycles. The van der Waals surface area contributed by atoms with E-state index in [9.17, 15) is 4.79 Å². The van der Waals surface area contributed by atoms with Crippen LogP contribution in [0.2, 0.25) is 0 Å². The Labute approximate surface area is 86.5 Å².